The molecule has 0 amide bonds. The molecule has 0 radical (unpaired) electrons. The molecule has 3 nitrogen and oxygen atoms in total. The van der Waals surface area contributed by atoms with Gasteiger partial charge >= 0.3 is 0 Å². The number of hydrazone groups is 1. The van der Waals surface area contributed by atoms with Crippen molar-refractivity contribution < 1.29 is 0 Å². The summed E-state index contributed by atoms with van der Waals surface area (Å²) in [6.07, 6.45) is 1.56. The number of hydrogen-bond donors (Lipinski definition) is 2. The molecule has 0 aliphatic rings. The second kappa shape index (κ2) is 7.61. The molecule has 0 aliphatic carbocycles. The van der Waals surface area contributed by atoms with E-state index in [-0.39, 0.29) is 0 Å². The Labute approximate surface area is 142 Å². The van der Waals surface area contributed by atoms with Crippen LogP contribution in [0.15, 0.2) is 47.6 Å². The molecule has 2 aromatic carbocycles. The Hall–Kier alpha value is -1.33. The zero-order valence-electron chi connectivity index (χ0n) is 10.6. The Balaban J connectivity index is 1.93. The molecule has 108 valence electrons. The van der Waals surface area contributed by atoms with Crippen LogP contribution in [0.1, 0.15) is 5.56 Å². The van der Waals surface area contributed by atoms with Gasteiger partial charge in [0.1, 0.15) is 0 Å². The van der Waals surface area contributed by atoms with E-state index in [4.69, 9.17) is 47.0 Å². The summed E-state index contributed by atoms with van der Waals surface area (Å²) in [6, 6.07) is 12.4. The van der Waals surface area contributed by atoms with Crippen LogP contribution in [0.4, 0.5) is 5.69 Å². The maximum Gasteiger partial charge on any atom is 0.191 e. The Morgan fingerprint density at radius 3 is 2.52 bits per heavy atom. The number of thiocarbonyl (C=S) groups is 1. The lowest BCUT2D eigenvalue weighted by Crippen LogP contribution is -2.23. The third kappa shape index (κ3) is 5.17. The number of anilines is 1. The second-order valence-corrected chi connectivity index (χ2v) is 5.69. The third-order valence-electron chi connectivity index (χ3n) is 2.41. The quantitative estimate of drug-likeness (QED) is 0.462. The van der Waals surface area contributed by atoms with Crippen LogP contribution in [-0.2, 0) is 0 Å². The predicted octanol–water partition coefficient (Wildman–Crippen LogP) is 4.97. The summed E-state index contributed by atoms with van der Waals surface area (Å²) in [5, 5.41) is 9.03. The van der Waals surface area contributed by atoms with Crippen molar-refractivity contribution in [3.8, 4) is 0 Å². The minimum Gasteiger partial charge on any atom is -0.331 e. The summed E-state index contributed by atoms with van der Waals surface area (Å²) in [6.45, 7) is 0. The van der Waals surface area contributed by atoms with Crippen LogP contribution in [0, 0.1) is 0 Å². The fourth-order valence-electron chi connectivity index (χ4n) is 1.49. The van der Waals surface area contributed by atoms with Crippen molar-refractivity contribution in [3.05, 3.63) is 63.1 Å². The maximum atomic E-state index is 6.03. The number of hydrogen-bond acceptors (Lipinski definition) is 2. The van der Waals surface area contributed by atoms with Gasteiger partial charge in [-0.15, -0.1) is 0 Å². The summed E-state index contributed by atoms with van der Waals surface area (Å²) >= 11 is 22.8. The van der Waals surface area contributed by atoms with Crippen molar-refractivity contribution in [2.45, 2.75) is 0 Å². The first-order valence-corrected chi connectivity index (χ1v) is 7.39. The molecular formula is C14H10Cl3N3S. The maximum absolute atomic E-state index is 6.03. The van der Waals surface area contributed by atoms with Gasteiger partial charge in [-0.3, -0.25) is 5.43 Å². The molecule has 0 saturated carbocycles. The van der Waals surface area contributed by atoms with E-state index in [2.05, 4.69) is 15.8 Å². The van der Waals surface area contributed by atoms with Crippen molar-refractivity contribution in [1.82, 2.24) is 5.43 Å². The van der Waals surface area contributed by atoms with Crippen LogP contribution in [0.3, 0.4) is 0 Å². The van der Waals surface area contributed by atoms with E-state index in [1.807, 2.05) is 12.1 Å². The van der Waals surface area contributed by atoms with E-state index < -0.39 is 0 Å². The topological polar surface area (TPSA) is 36.4 Å². The van der Waals surface area contributed by atoms with Crippen molar-refractivity contribution in [3.63, 3.8) is 0 Å². The summed E-state index contributed by atoms with van der Waals surface area (Å²) in [4.78, 5) is 0. The van der Waals surface area contributed by atoms with E-state index in [0.717, 1.165) is 11.3 Å². The lowest BCUT2D eigenvalue weighted by molar-refractivity contribution is 1.05. The fraction of sp³-hybridized carbons (Fsp3) is 0. The minimum atomic E-state index is 0.346. The number of benzene rings is 2. The monoisotopic (exact) mass is 357 g/mol. The highest BCUT2D eigenvalue weighted by Crippen LogP contribution is 2.19. The van der Waals surface area contributed by atoms with Gasteiger partial charge in [0.2, 0.25) is 0 Å². The van der Waals surface area contributed by atoms with Crippen LogP contribution < -0.4 is 10.7 Å². The highest BCUT2D eigenvalue weighted by molar-refractivity contribution is 7.80. The lowest BCUT2D eigenvalue weighted by atomic mass is 10.2. The van der Waals surface area contributed by atoms with Gasteiger partial charge in [-0.2, -0.15) is 5.10 Å². The molecule has 2 aromatic rings. The summed E-state index contributed by atoms with van der Waals surface area (Å²) in [5.74, 6) is 0. The van der Waals surface area contributed by atoms with Crippen molar-refractivity contribution in [1.29, 1.82) is 0 Å². The Morgan fingerprint density at radius 1 is 1.05 bits per heavy atom. The number of nitrogens with zero attached hydrogens (tertiary/aromatic N) is 1. The second-order valence-electron chi connectivity index (χ2n) is 4.00. The molecule has 21 heavy (non-hydrogen) atoms. The Morgan fingerprint density at radius 2 is 1.81 bits per heavy atom. The van der Waals surface area contributed by atoms with Crippen LogP contribution in [0.5, 0.6) is 0 Å². The largest absolute Gasteiger partial charge is 0.331 e. The van der Waals surface area contributed by atoms with Crippen LogP contribution in [-0.4, -0.2) is 11.3 Å². The number of halogens is 3. The first-order chi connectivity index (χ1) is 10.0. The van der Waals surface area contributed by atoms with Gasteiger partial charge in [-0.05, 0) is 42.5 Å². The van der Waals surface area contributed by atoms with E-state index in [0.29, 0.717) is 20.2 Å². The smallest absolute Gasteiger partial charge is 0.191 e. The van der Waals surface area contributed by atoms with E-state index >= 15 is 0 Å². The summed E-state index contributed by atoms with van der Waals surface area (Å²) < 4.78 is 0. The number of nitrogens with one attached hydrogen (secondary N) is 2. The Kier molecular flexibility index (Phi) is 5.82. The molecule has 2 rings (SSSR count). The number of rotatable bonds is 3. The molecule has 7 heteroatoms. The van der Waals surface area contributed by atoms with E-state index in [9.17, 15) is 0 Å². The standard InChI is InChI=1S/C14H10Cl3N3S/c15-10-2-1-3-12(6-10)19-14(21)20-18-8-9-4-5-11(16)7-13(9)17/h1-8H,(H2,19,20,21)/b18-8-. The molecule has 0 heterocycles. The van der Waals surface area contributed by atoms with E-state index in [1.165, 1.54) is 0 Å². The average molecular weight is 359 g/mol. The van der Waals surface area contributed by atoms with Crippen LogP contribution in [0.2, 0.25) is 15.1 Å². The average Bonchev–Trinajstić information content (AvgIpc) is 2.41. The molecular weight excluding hydrogens is 349 g/mol. The lowest BCUT2D eigenvalue weighted by Gasteiger charge is -2.07. The van der Waals surface area contributed by atoms with E-state index in [1.54, 1.807) is 36.5 Å². The summed E-state index contributed by atoms with van der Waals surface area (Å²) in [5.41, 5.74) is 4.21. The van der Waals surface area contributed by atoms with Gasteiger partial charge in [0.05, 0.1) is 11.2 Å². The Bertz CT molecular complexity index is 689. The first kappa shape index (κ1) is 16.0. The molecule has 0 aromatic heterocycles. The van der Waals surface area contributed by atoms with Gasteiger partial charge in [0.25, 0.3) is 0 Å². The summed E-state index contributed by atoms with van der Waals surface area (Å²) in [7, 11) is 0. The van der Waals surface area contributed by atoms with Crippen LogP contribution >= 0.6 is 47.0 Å². The normalized spacial score (nSPS) is 10.6. The molecule has 0 bridgehead atoms. The van der Waals surface area contributed by atoms with Crippen molar-refractivity contribution in [2.24, 2.45) is 5.10 Å². The van der Waals surface area contributed by atoms with Gasteiger partial charge in [-0.25, -0.2) is 0 Å². The molecule has 0 unspecified atom stereocenters. The predicted molar refractivity (Wildman–Crippen MR) is 94.9 cm³/mol. The molecule has 0 aliphatic heterocycles. The first-order valence-electron chi connectivity index (χ1n) is 5.85. The highest BCUT2D eigenvalue weighted by Gasteiger charge is 1.99. The minimum absolute atomic E-state index is 0.346. The molecule has 0 saturated heterocycles. The van der Waals surface area contributed by atoms with Gasteiger partial charge in [-0.1, -0.05) is 46.9 Å². The molecule has 2 N–H and O–H groups in total. The van der Waals surface area contributed by atoms with Crippen molar-refractivity contribution >= 4 is 64.0 Å². The molecule has 0 atom stereocenters. The molecule has 0 spiro atoms. The zero-order chi connectivity index (χ0) is 15.2. The molecule has 0 fully saturated rings. The SMILES string of the molecule is S=C(N/N=C\c1ccc(Cl)cc1Cl)Nc1cccc(Cl)c1. The van der Waals surface area contributed by atoms with Crippen LogP contribution in [0.25, 0.3) is 0 Å². The third-order valence-corrected chi connectivity index (χ3v) is 3.41. The zero-order valence-corrected chi connectivity index (χ0v) is 13.7. The fourth-order valence-corrected chi connectivity index (χ4v) is 2.31. The van der Waals surface area contributed by atoms with Gasteiger partial charge in [0, 0.05) is 21.3 Å². The van der Waals surface area contributed by atoms with Gasteiger partial charge < -0.3 is 5.32 Å². The van der Waals surface area contributed by atoms with Gasteiger partial charge in [0.15, 0.2) is 5.11 Å². The van der Waals surface area contributed by atoms with Crippen molar-refractivity contribution in [2.75, 3.05) is 5.32 Å². The highest BCUT2D eigenvalue weighted by atomic mass is 35.5.